The molecule has 144 valence electrons. The van der Waals surface area contributed by atoms with Crippen molar-refractivity contribution in [1.82, 2.24) is 0 Å². The van der Waals surface area contributed by atoms with Gasteiger partial charge >= 0.3 is 6.11 Å². The van der Waals surface area contributed by atoms with Gasteiger partial charge in [-0.3, -0.25) is 0 Å². The fourth-order valence-corrected chi connectivity index (χ4v) is 4.21. The van der Waals surface area contributed by atoms with E-state index in [1.165, 1.54) is 43.9 Å². The van der Waals surface area contributed by atoms with Gasteiger partial charge in [0, 0.05) is 6.07 Å². The third kappa shape index (κ3) is 5.28. The molecule has 0 spiro atoms. The molecule has 2 aliphatic carbocycles. The molecule has 2 saturated carbocycles. The van der Waals surface area contributed by atoms with Crippen LogP contribution in [0.3, 0.4) is 0 Å². The van der Waals surface area contributed by atoms with Gasteiger partial charge < -0.3 is 4.74 Å². The molecule has 1 aromatic rings. The number of rotatable bonds is 5. The molecule has 2 fully saturated rings. The molecule has 2 aliphatic rings. The smallest absolute Gasteiger partial charge is 0.400 e. The van der Waals surface area contributed by atoms with Gasteiger partial charge in [-0.25, -0.2) is 4.39 Å². The van der Waals surface area contributed by atoms with Crippen LogP contribution in [0.2, 0.25) is 0 Å². The van der Waals surface area contributed by atoms with Crippen molar-refractivity contribution in [3.63, 3.8) is 0 Å². The second-order valence-electron chi connectivity index (χ2n) is 8.14. The Labute approximate surface area is 154 Å². The lowest BCUT2D eigenvalue weighted by Gasteiger charge is -2.32. The molecule has 0 N–H and O–H groups in total. The van der Waals surface area contributed by atoms with E-state index < -0.39 is 17.8 Å². The highest BCUT2D eigenvalue weighted by Gasteiger charge is 2.43. The van der Waals surface area contributed by atoms with Crippen molar-refractivity contribution in [1.29, 1.82) is 0 Å². The van der Waals surface area contributed by atoms with Crippen molar-refractivity contribution in [2.24, 2.45) is 23.7 Å². The molecule has 3 rings (SSSR count). The zero-order valence-electron chi connectivity index (χ0n) is 15.5. The summed E-state index contributed by atoms with van der Waals surface area (Å²) in [6.45, 7) is 2.31. The van der Waals surface area contributed by atoms with Gasteiger partial charge in [-0.1, -0.05) is 38.0 Å². The lowest BCUT2D eigenvalue weighted by atomic mass is 9.79. The summed E-state index contributed by atoms with van der Waals surface area (Å²) in [5.74, 6) is 0.436. The van der Waals surface area contributed by atoms with Gasteiger partial charge in [0.05, 0.1) is 5.92 Å². The molecule has 0 heterocycles. The Kier molecular flexibility index (Phi) is 6.31. The quantitative estimate of drug-likeness (QED) is 0.510. The minimum atomic E-state index is -3.25. The minimum Gasteiger partial charge on any atom is -0.432 e. The maximum atomic E-state index is 14.4. The minimum absolute atomic E-state index is 0.108. The van der Waals surface area contributed by atoms with Crippen molar-refractivity contribution < 1.29 is 17.9 Å². The summed E-state index contributed by atoms with van der Waals surface area (Å²) >= 11 is 0. The third-order valence-electron chi connectivity index (χ3n) is 6.01. The highest BCUT2D eigenvalue weighted by molar-refractivity contribution is 5.22. The number of hydrogen-bond acceptors (Lipinski definition) is 1. The van der Waals surface area contributed by atoms with E-state index in [0.717, 1.165) is 24.8 Å². The number of alkyl halides is 2. The summed E-state index contributed by atoms with van der Waals surface area (Å²) in [4.78, 5) is 0. The molecule has 0 amide bonds. The molecule has 0 aliphatic heterocycles. The molecule has 1 aromatic carbocycles. The SMILES string of the molecule is CC1CCC(/C=C/C2CCC(C(F)(F)Oc3cccc(F)c3)CC2)CC1. The van der Waals surface area contributed by atoms with Crippen LogP contribution in [-0.4, -0.2) is 6.11 Å². The summed E-state index contributed by atoms with van der Waals surface area (Å²) in [7, 11) is 0. The van der Waals surface area contributed by atoms with Crippen molar-refractivity contribution >= 4 is 0 Å². The van der Waals surface area contributed by atoms with Crippen LogP contribution < -0.4 is 4.74 Å². The molecular weight excluding hydrogens is 337 g/mol. The molecule has 0 radical (unpaired) electrons. The molecule has 1 nitrogen and oxygen atoms in total. The largest absolute Gasteiger partial charge is 0.432 e. The number of benzene rings is 1. The van der Waals surface area contributed by atoms with E-state index in [-0.39, 0.29) is 5.75 Å². The van der Waals surface area contributed by atoms with Crippen molar-refractivity contribution in [2.75, 3.05) is 0 Å². The fraction of sp³-hybridized carbons (Fsp3) is 0.636. The summed E-state index contributed by atoms with van der Waals surface area (Å²) in [6, 6.07) is 4.98. The maximum absolute atomic E-state index is 14.4. The summed E-state index contributed by atoms with van der Waals surface area (Å²) in [5, 5.41) is 0. The van der Waals surface area contributed by atoms with Crippen molar-refractivity contribution in [3.05, 3.63) is 42.2 Å². The van der Waals surface area contributed by atoms with Gasteiger partial charge in [0.25, 0.3) is 0 Å². The number of halogens is 3. The van der Waals surface area contributed by atoms with Crippen LogP contribution in [0.4, 0.5) is 13.2 Å². The molecular formula is C22H29F3O. The van der Waals surface area contributed by atoms with Gasteiger partial charge in [-0.15, -0.1) is 0 Å². The molecule has 0 unspecified atom stereocenters. The molecule has 26 heavy (non-hydrogen) atoms. The maximum Gasteiger partial charge on any atom is 0.400 e. The first-order chi connectivity index (χ1) is 12.4. The van der Waals surface area contributed by atoms with Crippen molar-refractivity contribution in [3.8, 4) is 5.75 Å². The molecule has 0 saturated heterocycles. The zero-order valence-corrected chi connectivity index (χ0v) is 15.5. The second kappa shape index (κ2) is 8.49. The number of ether oxygens (including phenoxy) is 1. The molecule has 0 aromatic heterocycles. The Morgan fingerprint density at radius 2 is 1.50 bits per heavy atom. The third-order valence-corrected chi connectivity index (χ3v) is 6.01. The van der Waals surface area contributed by atoms with E-state index in [9.17, 15) is 13.2 Å². The van der Waals surface area contributed by atoms with Crippen LogP contribution in [-0.2, 0) is 0 Å². The van der Waals surface area contributed by atoms with E-state index in [1.54, 1.807) is 0 Å². The van der Waals surface area contributed by atoms with Gasteiger partial charge in [0.15, 0.2) is 0 Å². The first kappa shape index (κ1) is 19.3. The summed E-state index contributed by atoms with van der Waals surface area (Å²) in [5.41, 5.74) is 0. The Bertz CT molecular complexity index is 597. The monoisotopic (exact) mass is 366 g/mol. The van der Waals surface area contributed by atoms with Crippen LogP contribution >= 0.6 is 0 Å². The van der Waals surface area contributed by atoms with Gasteiger partial charge in [0.1, 0.15) is 11.6 Å². The van der Waals surface area contributed by atoms with E-state index in [2.05, 4.69) is 19.1 Å². The van der Waals surface area contributed by atoms with E-state index in [4.69, 9.17) is 4.74 Å². The first-order valence-corrected chi connectivity index (χ1v) is 9.93. The van der Waals surface area contributed by atoms with Crippen LogP contribution in [0, 0.1) is 29.5 Å². The fourth-order valence-electron chi connectivity index (χ4n) is 4.21. The van der Waals surface area contributed by atoms with E-state index >= 15 is 0 Å². The Morgan fingerprint density at radius 1 is 0.923 bits per heavy atom. The Hall–Kier alpha value is -1.45. The van der Waals surface area contributed by atoms with Gasteiger partial charge in [-0.05, 0) is 68.4 Å². The van der Waals surface area contributed by atoms with Crippen molar-refractivity contribution in [2.45, 2.75) is 64.4 Å². The van der Waals surface area contributed by atoms with E-state index in [0.29, 0.717) is 24.7 Å². The normalized spacial score (nSPS) is 30.5. The van der Waals surface area contributed by atoms with Crippen LogP contribution in [0.15, 0.2) is 36.4 Å². The Morgan fingerprint density at radius 3 is 2.08 bits per heavy atom. The summed E-state index contributed by atoms with van der Waals surface area (Å²) in [6.07, 6.45) is 8.88. The number of hydrogen-bond donors (Lipinski definition) is 0. The first-order valence-electron chi connectivity index (χ1n) is 9.93. The lowest BCUT2D eigenvalue weighted by Crippen LogP contribution is -2.37. The molecule has 0 atom stereocenters. The van der Waals surface area contributed by atoms with Crippen LogP contribution in [0.1, 0.15) is 58.3 Å². The van der Waals surface area contributed by atoms with Crippen LogP contribution in [0.5, 0.6) is 5.75 Å². The lowest BCUT2D eigenvalue weighted by molar-refractivity contribution is -0.223. The van der Waals surface area contributed by atoms with Gasteiger partial charge in [0.2, 0.25) is 0 Å². The average Bonchev–Trinajstić information content (AvgIpc) is 2.61. The van der Waals surface area contributed by atoms with Crippen LogP contribution in [0.25, 0.3) is 0 Å². The number of allylic oxidation sites excluding steroid dienone is 2. The predicted octanol–water partition coefficient (Wildman–Crippen LogP) is 6.99. The highest BCUT2D eigenvalue weighted by atomic mass is 19.3. The Balaban J connectivity index is 1.48. The molecule has 4 heteroatoms. The van der Waals surface area contributed by atoms with E-state index in [1.807, 2.05) is 0 Å². The zero-order chi connectivity index (χ0) is 18.6. The average molecular weight is 366 g/mol. The van der Waals surface area contributed by atoms with Gasteiger partial charge in [-0.2, -0.15) is 8.78 Å². The topological polar surface area (TPSA) is 9.23 Å². The summed E-state index contributed by atoms with van der Waals surface area (Å²) < 4.78 is 46.8. The second-order valence-corrected chi connectivity index (χ2v) is 8.14. The molecule has 0 bridgehead atoms. The standard InChI is InChI=1S/C22H29F3O/c1-16-5-7-17(8-6-16)9-10-18-11-13-19(14-12-18)22(24,25)26-21-4-2-3-20(23)15-21/h2-4,9-10,15-19H,5-8,11-14H2,1H3/b10-9+. The highest BCUT2D eigenvalue weighted by Crippen LogP contribution is 2.40. The predicted molar refractivity (Wildman–Crippen MR) is 97.7 cm³/mol.